The molecule has 0 aliphatic carbocycles. The van der Waals surface area contributed by atoms with Gasteiger partial charge in [-0.1, -0.05) is 18.2 Å². The summed E-state index contributed by atoms with van der Waals surface area (Å²) in [6.07, 6.45) is 3.09. The number of aromatic hydroxyl groups is 1. The Balaban J connectivity index is 2.08. The van der Waals surface area contributed by atoms with Crippen LogP contribution in [-0.2, 0) is 0 Å². The highest BCUT2D eigenvalue weighted by molar-refractivity contribution is 5.94. The van der Waals surface area contributed by atoms with E-state index in [9.17, 15) is 15.2 Å². The second-order valence-electron chi connectivity index (χ2n) is 5.09. The molecule has 0 saturated heterocycles. The van der Waals surface area contributed by atoms with Crippen molar-refractivity contribution in [1.29, 1.82) is 0 Å². The smallest absolute Gasteiger partial charge is 0.311 e. The van der Waals surface area contributed by atoms with Gasteiger partial charge in [-0.3, -0.25) is 20.1 Å². The van der Waals surface area contributed by atoms with E-state index in [1.54, 1.807) is 25.3 Å². The summed E-state index contributed by atoms with van der Waals surface area (Å²) in [7, 11) is 0. The number of hydrogen-bond acceptors (Lipinski definition) is 5. The monoisotopic (exact) mass is 307 g/mol. The number of para-hydroxylation sites is 1. The third-order valence-corrected chi connectivity index (χ3v) is 3.41. The average Bonchev–Trinajstić information content (AvgIpc) is 2.55. The minimum atomic E-state index is -0.612. The van der Waals surface area contributed by atoms with Gasteiger partial charge >= 0.3 is 5.69 Å². The van der Waals surface area contributed by atoms with Crippen LogP contribution >= 0.6 is 0 Å². The van der Waals surface area contributed by atoms with Crippen LogP contribution in [0.1, 0.15) is 11.1 Å². The zero-order chi connectivity index (χ0) is 16.4. The van der Waals surface area contributed by atoms with Crippen LogP contribution in [0.25, 0.3) is 10.9 Å². The number of pyridine rings is 1. The number of nitrogens with zero attached hydrogens (tertiary/aromatic N) is 3. The van der Waals surface area contributed by atoms with Gasteiger partial charge in [0.25, 0.3) is 0 Å². The number of hydrogen-bond donors (Lipinski definition) is 1. The van der Waals surface area contributed by atoms with E-state index in [1.807, 2.05) is 24.3 Å². The summed E-state index contributed by atoms with van der Waals surface area (Å²) in [6.45, 7) is 1.73. The number of aryl methyl sites for hydroxylation is 1. The average molecular weight is 307 g/mol. The molecule has 0 aliphatic heterocycles. The maximum atomic E-state index is 11.0. The molecule has 1 heterocycles. The predicted molar refractivity (Wildman–Crippen MR) is 88.5 cm³/mol. The van der Waals surface area contributed by atoms with Crippen LogP contribution in [0.3, 0.4) is 0 Å². The van der Waals surface area contributed by atoms with Crippen LogP contribution in [0.2, 0.25) is 0 Å². The van der Waals surface area contributed by atoms with Crippen LogP contribution in [0.4, 0.5) is 11.4 Å². The van der Waals surface area contributed by atoms with Gasteiger partial charge < -0.3 is 5.11 Å². The van der Waals surface area contributed by atoms with Crippen LogP contribution < -0.4 is 0 Å². The predicted octanol–water partition coefficient (Wildman–Crippen LogP) is 3.91. The number of rotatable bonds is 3. The molecule has 114 valence electrons. The standard InChI is InChI=1S/C17H13N3O3/c1-11-8-13(17(21)15(9-11)20(22)23)10-19-14-6-2-4-12-5-3-7-18-16(12)14/h2-10,21H,1H3. The normalized spacial score (nSPS) is 11.2. The Hall–Kier alpha value is -3.28. The van der Waals surface area contributed by atoms with Gasteiger partial charge in [-0.2, -0.15) is 0 Å². The number of benzene rings is 2. The first-order valence-electron chi connectivity index (χ1n) is 6.92. The molecule has 23 heavy (non-hydrogen) atoms. The molecule has 0 amide bonds. The minimum absolute atomic E-state index is 0.296. The van der Waals surface area contributed by atoms with Crippen LogP contribution in [0.5, 0.6) is 5.75 Å². The highest BCUT2D eigenvalue weighted by Crippen LogP contribution is 2.31. The van der Waals surface area contributed by atoms with Crippen molar-refractivity contribution in [1.82, 2.24) is 4.98 Å². The molecule has 0 unspecified atom stereocenters. The Morgan fingerprint density at radius 2 is 2.04 bits per heavy atom. The summed E-state index contributed by atoms with van der Waals surface area (Å²) in [4.78, 5) is 19.0. The third-order valence-electron chi connectivity index (χ3n) is 3.41. The van der Waals surface area contributed by atoms with E-state index in [0.29, 0.717) is 16.8 Å². The number of nitro benzene ring substituents is 1. The number of phenols is 1. The van der Waals surface area contributed by atoms with Gasteiger partial charge in [-0.15, -0.1) is 0 Å². The van der Waals surface area contributed by atoms with Gasteiger partial charge in [0.15, 0.2) is 0 Å². The Morgan fingerprint density at radius 1 is 1.26 bits per heavy atom. The van der Waals surface area contributed by atoms with E-state index in [-0.39, 0.29) is 5.69 Å². The Bertz CT molecular complexity index is 930. The van der Waals surface area contributed by atoms with Crippen molar-refractivity contribution in [2.45, 2.75) is 6.92 Å². The summed E-state index contributed by atoms with van der Waals surface area (Å²) in [5, 5.41) is 21.9. The molecule has 3 aromatic rings. The summed E-state index contributed by atoms with van der Waals surface area (Å²) < 4.78 is 0. The van der Waals surface area contributed by atoms with E-state index >= 15 is 0 Å². The lowest BCUT2D eigenvalue weighted by Gasteiger charge is -2.03. The SMILES string of the molecule is Cc1cc(C=Nc2cccc3cccnc23)c(O)c([N+](=O)[O-])c1. The lowest BCUT2D eigenvalue weighted by molar-refractivity contribution is -0.385. The van der Waals surface area contributed by atoms with Gasteiger partial charge in [-0.25, -0.2) is 0 Å². The first-order chi connectivity index (χ1) is 11.1. The Morgan fingerprint density at radius 3 is 2.83 bits per heavy atom. The Kier molecular flexibility index (Phi) is 3.72. The minimum Gasteiger partial charge on any atom is -0.502 e. The maximum absolute atomic E-state index is 11.0. The van der Waals surface area contributed by atoms with Crippen LogP contribution in [-0.4, -0.2) is 21.2 Å². The van der Waals surface area contributed by atoms with E-state index in [1.165, 1.54) is 12.3 Å². The summed E-state index contributed by atoms with van der Waals surface area (Å²) in [6, 6.07) is 12.3. The molecule has 0 fully saturated rings. The quantitative estimate of drug-likeness (QED) is 0.451. The van der Waals surface area contributed by atoms with Gasteiger partial charge in [0.2, 0.25) is 5.75 Å². The van der Waals surface area contributed by atoms with Crippen LogP contribution in [0, 0.1) is 17.0 Å². The van der Waals surface area contributed by atoms with Gasteiger partial charge in [-0.05, 0) is 30.7 Å². The summed E-state index contributed by atoms with van der Waals surface area (Å²) in [5.41, 5.74) is 2.00. The number of fused-ring (bicyclic) bond motifs is 1. The summed E-state index contributed by atoms with van der Waals surface area (Å²) >= 11 is 0. The molecule has 2 aromatic carbocycles. The topological polar surface area (TPSA) is 88.6 Å². The first kappa shape index (κ1) is 14.6. The van der Waals surface area contributed by atoms with Crippen molar-refractivity contribution in [2.24, 2.45) is 4.99 Å². The Labute approximate surface area is 131 Å². The lowest BCUT2D eigenvalue weighted by atomic mass is 10.1. The van der Waals surface area contributed by atoms with E-state index in [4.69, 9.17) is 0 Å². The molecule has 0 bridgehead atoms. The molecule has 3 rings (SSSR count). The number of aromatic nitrogens is 1. The second-order valence-corrected chi connectivity index (χ2v) is 5.09. The molecule has 1 aromatic heterocycles. The van der Waals surface area contributed by atoms with Crippen LogP contribution in [0.15, 0.2) is 53.7 Å². The molecular weight excluding hydrogens is 294 g/mol. The van der Waals surface area contributed by atoms with Gasteiger partial charge in [0.05, 0.1) is 16.1 Å². The first-order valence-corrected chi connectivity index (χ1v) is 6.92. The molecule has 6 heteroatoms. The highest BCUT2D eigenvalue weighted by Gasteiger charge is 2.17. The van der Waals surface area contributed by atoms with Crippen molar-refractivity contribution >= 4 is 28.5 Å². The van der Waals surface area contributed by atoms with E-state index in [2.05, 4.69) is 9.98 Å². The number of phenolic OH excluding ortho intramolecular Hbond substituents is 1. The largest absolute Gasteiger partial charge is 0.502 e. The van der Waals surface area contributed by atoms with Crippen molar-refractivity contribution < 1.29 is 10.0 Å². The van der Waals surface area contributed by atoms with E-state index < -0.39 is 10.7 Å². The number of nitro groups is 1. The number of aliphatic imine (C=N–C) groups is 1. The fraction of sp³-hybridized carbons (Fsp3) is 0.0588. The van der Waals surface area contributed by atoms with Gasteiger partial charge in [0.1, 0.15) is 0 Å². The fourth-order valence-electron chi connectivity index (χ4n) is 2.36. The molecule has 0 aliphatic rings. The molecule has 0 atom stereocenters. The van der Waals surface area contributed by atoms with Crippen molar-refractivity contribution in [2.75, 3.05) is 0 Å². The molecule has 6 nitrogen and oxygen atoms in total. The fourth-order valence-corrected chi connectivity index (χ4v) is 2.36. The van der Waals surface area contributed by atoms with Crippen molar-refractivity contribution in [3.8, 4) is 5.75 Å². The lowest BCUT2D eigenvalue weighted by Crippen LogP contribution is -1.93. The highest BCUT2D eigenvalue weighted by atomic mass is 16.6. The zero-order valence-corrected chi connectivity index (χ0v) is 12.3. The van der Waals surface area contributed by atoms with Crippen molar-refractivity contribution in [3.05, 3.63) is 69.9 Å². The molecule has 0 saturated carbocycles. The molecule has 0 radical (unpaired) electrons. The second kappa shape index (κ2) is 5.84. The molecule has 1 N–H and O–H groups in total. The van der Waals surface area contributed by atoms with Gasteiger partial charge in [0, 0.05) is 29.4 Å². The zero-order valence-electron chi connectivity index (χ0n) is 12.3. The molecular formula is C17H13N3O3. The molecule has 0 spiro atoms. The maximum Gasteiger partial charge on any atom is 0.311 e. The third kappa shape index (κ3) is 2.87. The van der Waals surface area contributed by atoms with E-state index in [0.717, 1.165) is 10.9 Å². The summed E-state index contributed by atoms with van der Waals surface area (Å²) in [5.74, 6) is -0.391. The van der Waals surface area contributed by atoms with Crippen molar-refractivity contribution in [3.63, 3.8) is 0 Å².